The van der Waals surface area contributed by atoms with E-state index in [1.807, 2.05) is 18.2 Å². The van der Waals surface area contributed by atoms with Crippen LogP contribution in [0.2, 0.25) is 0 Å². The molecule has 0 heterocycles. The van der Waals surface area contributed by atoms with Crippen molar-refractivity contribution in [1.29, 1.82) is 0 Å². The lowest BCUT2D eigenvalue weighted by Gasteiger charge is -2.06. The fourth-order valence-electron chi connectivity index (χ4n) is 1.41. The maximum atomic E-state index is 8.74. The molecule has 1 aromatic rings. The fraction of sp³-hybridized carbons (Fsp3) is 0.429. The van der Waals surface area contributed by atoms with E-state index in [2.05, 4.69) is 11.8 Å². The summed E-state index contributed by atoms with van der Waals surface area (Å²) in [7, 11) is 1.62. The van der Waals surface area contributed by atoms with E-state index < -0.39 is 0 Å². The zero-order valence-electron chi connectivity index (χ0n) is 10.5. The van der Waals surface area contributed by atoms with Crippen LogP contribution in [0.1, 0.15) is 17.5 Å². The molecule has 0 atom stereocenters. The first-order valence-corrected chi connectivity index (χ1v) is 6.92. The minimum atomic E-state index is 0.0708. The summed E-state index contributed by atoms with van der Waals surface area (Å²) in [6, 6.07) is 5.89. The van der Waals surface area contributed by atoms with E-state index in [0.717, 1.165) is 28.4 Å². The zero-order valence-corrected chi connectivity index (χ0v) is 11.3. The molecule has 3 nitrogen and oxygen atoms in total. The Labute approximate surface area is 112 Å². The van der Waals surface area contributed by atoms with Crippen molar-refractivity contribution < 1.29 is 14.9 Å². The first-order valence-electron chi connectivity index (χ1n) is 5.77. The van der Waals surface area contributed by atoms with Gasteiger partial charge in [-0.25, -0.2) is 0 Å². The average molecular weight is 266 g/mol. The molecule has 0 saturated heterocycles. The summed E-state index contributed by atoms with van der Waals surface area (Å²) in [6.45, 7) is 0.269. The van der Waals surface area contributed by atoms with Crippen LogP contribution in [0.5, 0.6) is 5.75 Å². The number of hydrogen-bond acceptors (Lipinski definition) is 4. The van der Waals surface area contributed by atoms with Crippen molar-refractivity contribution in [3.05, 3.63) is 29.3 Å². The van der Waals surface area contributed by atoms with Crippen molar-refractivity contribution in [1.82, 2.24) is 0 Å². The normalized spacial score (nSPS) is 9.72. The van der Waals surface area contributed by atoms with Crippen molar-refractivity contribution >= 4 is 11.8 Å². The molecule has 0 fully saturated rings. The molecule has 0 aliphatic heterocycles. The van der Waals surface area contributed by atoms with E-state index >= 15 is 0 Å². The van der Waals surface area contributed by atoms with Gasteiger partial charge in [-0.3, -0.25) is 0 Å². The Morgan fingerprint density at radius 3 is 2.78 bits per heavy atom. The lowest BCUT2D eigenvalue weighted by Crippen LogP contribution is -1.92. The Morgan fingerprint density at radius 1 is 1.28 bits per heavy atom. The molecule has 0 radical (unpaired) electrons. The molecule has 1 aromatic carbocycles. The highest BCUT2D eigenvalue weighted by atomic mass is 32.2. The molecule has 0 unspecified atom stereocenters. The summed E-state index contributed by atoms with van der Waals surface area (Å²) in [6.07, 6.45) is 0.465. The minimum absolute atomic E-state index is 0.0708. The van der Waals surface area contributed by atoms with Gasteiger partial charge < -0.3 is 14.9 Å². The van der Waals surface area contributed by atoms with Crippen molar-refractivity contribution in [2.45, 2.75) is 12.2 Å². The number of aliphatic hydroxyl groups excluding tert-OH is 2. The lowest BCUT2D eigenvalue weighted by molar-refractivity contribution is 0.305. The molecule has 0 spiro atoms. The van der Waals surface area contributed by atoms with Gasteiger partial charge in [0.25, 0.3) is 0 Å². The second-order valence-electron chi connectivity index (χ2n) is 3.59. The number of thioether (sulfide) groups is 1. The maximum absolute atomic E-state index is 8.74. The van der Waals surface area contributed by atoms with Crippen LogP contribution < -0.4 is 4.74 Å². The predicted octanol–water partition coefficient (Wildman–Crippen LogP) is 1.65. The van der Waals surface area contributed by atoms with Crippen molar-refractivity contribution in [3.8, 4) is 17.6 Å². The molecule has 4 heteroatoms. The molecule has 98 valence electrons. The van der Waals surface area contributed by atoms with Crippen molar-refractivity contribution in [2.24, 2.45) is 0 Å². The van der Waals surface area contributed by atoms with E-state index in [1.165, 1.54) is 0 Å². The first kappa shape index (κ1) is 14.9. The maximum Gasteiger partial charge on any atom is 0.134 e. The van der Waals surface area contributed by atoms with E-state index in [4.69, 9.17) is 14.9 Å². The molecule has 0 amide bonds. The third-order valence-corrected chi connectivity index (χ3v) is 3.24. The summed E-state index contributed by atoms with van der Waals surface area (Å²) in [5.74, 6) is 8.22. The summed E-state index contributed by atoms with van der Waals surface area (Å²) in [4.78, 5) is 0. The van der Waals surface area contributed by atoms with Gasteiger partial charge in [0.05, 0.1) is 25.9 Å². The number of rotatable bonds is 6. The zero-order chi connectivity index (χ0) is 13.2. The summed E-state index contributed by atoms with van der Waals surface area (Å²) in [5.41, 5.74) is 2.00. The van der Waals surface area contributed by atoms with Crippen molar-refractivity contribution in [2.75, 3.05) is 26.1 Å². The van der Waals surface area contributed by atoms with Crippen LogP contribution in [0.25, 0.3) is 0 Å². The average Bonchev–Trinajstić information content (AvgIpc) is 2.40. The van der Waals surface area contributed by atoms with Crippen LogP contribution in [0, 0.1) is 11.8 Å². The molecule has 18 heavy (non-hydrogen) atoms. The molecular weight excluding hydrogens is 248 g/mol. The Bertz CT molecular complexity index is 421. The number of methoxy groups -OCH3 is 1. The molecule has 0 aliphatic carbocycles. The van der Waals surface area contributed by atoms with Crippen LogP contribution in [0.3, 0.4) is 0 Å². The van der Waals surface area contributed by atoms with Gasteiger partial charge in [-0.1, -0.05) is 17.9 Å². The number of benzene rings is 1. The molecule has 0 bridgehead atoms. The van der Waals surface area contributed by atoms with Gasteiger partial charge in [-0.15, -0.1) is 0 Å². The molecule has 0 aromatic heterocycles. The topological polar surface area (TPSA) is 49.7 Å². The van der Waals surface area contributed by atoms with E-state index in [1.54, 1.807) is 18.9 Å². The first-order chi connectivity index (χ1) is 8.81. The third-order valence-electron chi connectivity index (χ3n) is 2.23. The van der Waals surface area contributed by atoms with Gasteiger partial charge in [0.15, 0.2) is 0 Å². The third kappa shape index (κ3) is 5.01. The molecule has 1 rings (SSSR count). The summed E-state index contributed by atoms with van der Waals surface area (Å²) in [5, 5.41) is 17.4. The molecular formula is C14H18O3S. The number of ether oxygens (including phenoxy) is 1. The Balaban J connectivity index is 2.78. The SMILES string of the molecule is COc1ccc(CSCCO)cc1C#CCCO. The monoisotopic (exact) mass is 266 g/mol. The standard InChI is InChI=1S/C14H18O3S/c1-17-14-6-5-12(11-18-9-8-16)10-13(14)4-2-3-7-15/h5-6,10,15-16H,3,7-9,11H2,1H3. The Hall–Kier alpha value is -1.15. The van der Waals surface area contributed by atoms with Crippen LogP contribution in [0.4, 0.5) is 0 Å². The van der Waals surface area contributed by atoms with Crippen LogP contribution in [0.15, 0.2) is 18.2 Å². The minimum Gasteiger partial charge on any atom is -0.495 e. The quantitative estimate of drug-likeness (QED) is 0.607. The van der Waals surface area contributed by atoms with Gasteiger partial charge in [0.2, 0.25) is 0 Å². The van der Waals surface area contributed by atoms with Crippen LogP contribution in [-0.4, -0.2) is 36.3 Å². The summed E-state index contributed by atoms with van der Waals surface area (Å²) >= 11 is 1.68. The second kappa shape index (κ2) is 8.87. The number of hydrogen-bond donors (Lipinski definition) is 2. The van der Waals surface area contributed by atoms with E-state index in [9.17, 15) is 0 Å². The highest BCUT2D eigenvalue weighted by molar-refractivity contribution is 7.98. The molecule has 0 saturated carbocycles. The second-order valence-corrected chi connectivity index (χ2v) is 4.69. The van der Waals surface area contributed by atoms with Crippen LogP contribution >= 0.6 is 11.8 Å². The van der Waals surface area contributed by atoms with Crippen molar-refractivity contribution in [3.63, 3.8) is 0 Å². The highest BCUT2D eigenvalue weighted by Gasteiger charge is 2.02. The Morgan fingerprint density at radius 2 is 2.11 bits per heavy atom. The summed E-state index contributed by atoms with van der Waals surface area (Å²) < 4.78 is 5.24. The Kier molecular flexibility index (Phi) is 7.35. The smallest absolute Gasteiger partial charge is 0.134 e. The van der Waals surface area contributed by atoms with E-state index in [0.29, 0.717) is 6.42 Å². The van der Waals surface area contributed by atoms with E-state index in [-0.39, 0.29) is 13.2 Å². The van der Waals surface area contributed by atoms with Crippen LogP contribution in [-0.2, 0) is 5.75 Å². The van der Waals surface area contributed by atoms with Gasteiger partial charge in [-0.2, -0.15) is 11.8 Å². The number of aliphatic hydroxyl groups is 2. The van der Waals surface area contributed by atoms with Gasteiger partial charge in [-0.05, 0) is 17.7 Å². The largest absolute Gasteiger partial charge is 0.495 e. The lowest BCUT2D eigenvalue weighted by atomic mass is 10.1. The van der Waals surface area contributed by atoms with Gasteiger partial charge >= 0.3 is 0 Å². The fourth-order valence-corrected chi connectivity index (χ4v) is 2.10. The van der Waals surface area contributed by atoms with Gasteiger partial charge in [0, 0.05) is 17.9 Å². The molecule has 0 aliphatic rings. The molecule has 2 N–H and O–H groups in total. The van der Waals surface area contributed by atoms with Gasteiger partial charge in [0.1, 0.15) is 5.75 Å². The predicted molar refractivity (Wildman–Crippen MR) is 74.8 cm³/mol. The highest BCUT2D eigenvalue weighted by Crippen LogP contribution is 2.21.